The van der Waals surface area contributed by atoms with Crippen molar-refractivity contribution in [2.24, 2.45) is 5.92 Å². The molecular weight excluding hydrogens is 248 g/mol. The maximum absolute atomic E-state index is 9.75. The first-order valence-corrected chi connectivity index (χ1v) is 7.99. The molecule has 0 aromatic rings. The van der Waals surface area contributed by atoms with Gasteiger partial charge >= 0.3 is 0 Å². The van der Waals surface area contributed by atoms with Crippen molar-refractivity contribution in [2.45, 2.75) is 51.6 Å². The maximum atomic E-state index is 9.75. The summed E-state index contributed by atoms with van der Waals surface area (Å²) in [7, 11) is 4.22. The molecule has 1 atom stereocenters. The molecule has 0 aromatic carbocycles. The maximum Gasteiger partial charge on any atom is 0.122 e. The molecule has 1 N–H and O–H groups in total. The molecule has 1 saturated carbocycles. The third-order valence-corrected chi connectivity index (χ3v) is 4.02. The Bertz CT molecular complexity index is 317. The van der Waals surface area contributed by atoms with E-state index >= 15 is 0 Å². The van der Waals surface area contributed by atoms with Crippen LogP contribution in [0.2, 0.25) is 0 Å². The van der Waals surface area contributed by atoms with Crippen LogP contribution in [0.4, 0.5) is 0 Å². The van der Waals surface area contributed by atoms with Gasteiger partial charge in [-0.05, 0) is 72.8 Å². The SMILES string of the molecule is CCN(CCCN(C)C)CC(C#N)(NC(C)C)C1CC1. The Hall–Kier alpha value is -0.630. The molecule has 0 radical (unpaired) electrons. The standard InChI is InChI=1S/C16H32N4/c1-6-20(11-7-10-19(4)5)13-16(12-17,15-8-9-15)18-14(2)3/h14-15,18H,6-11,13H2,1-5H3. The van der Waals surface area contributed by atoms with Gasteiger partial charge in [0.1, 0.15) is 5.54 Å². The van der Waals surface area contributed by atoms with E-state index in [1.54, 1.807) is 0 Å². The second kappa shape index (κ2) is 7.97. The molecule has 0 aromatic heterocycles. The van der Waals surface area contributed by atoms with Gasteiger partial charge in [-0.25, -0.2) is 0 Å². The van der Waals surface area contributed by atoms with Crippen molar-refractivity contribution in [3.63, 3.8) is 0 Å². The smallest absolute Gasteiger partial charge is 0.122 e. The van der Waals surface area contributed by atoms with Crippen LogP contribution in [0.5, 0.6) is 0 Å². The topological polar surface area (TPSA) is 42.3 Å². The lowest BCUT2D eigenvalue weighted by Gasteiger charge is -2.35. The van der Waals surface area contributed by atoms with E-state index in [2.05, 4.69) is 56.1 Å². The molecular formula is C16H32N4. The molecule has 0 amide bonds. The van der Waals surface area contributed by atoms with Crippen LogP contribution in [0.3, 0.4) is 0 Å². The van der Waals surface area contributed by atoms with Crippen molar-refractivity contribution < 1.29 is 0 Å². The highest BCUT2D eigenvalue weighted by molar-refractivity contribution is 5.17. The van der Waals surface area contributed by atoms with Crippen LogP contribution in [-0.4, -0.2) is 61.7 Å². The number of nitriles is 1. The molecule has 0 heterocycles. The summed E-state index contributed by atoms with van der Waals surface area (Å²) in [4.78, 5) is 4.65. The van der Waals surface area contributed by atoms with Crippen molar-refractivity contribution in [3.8, 4) is 6.07 Å². The number of hydrogen-bond donors (Lipinski definition) is 1. The zero-order valence-electron chi connectivity index (χ0n) is 13.9. The molecule has 1 fully saturated rings. The van der Waals surface area contributed by atoms with E-state index in [1.165, 1.54) is 12.8 Å². The Morgan fingerprint density at radius 1 is 1.30 bits per heavy atom. The van der Waals surface area contributed by atoms with Crippen LogP contribution in [0.15, 0.2) is 0 Å². The Kier molecular flexibility index (Phi) is 6.94. The summed E-state index contributed by atoms with van der Waals surface area (Å²) >= 11 is 0. The van der Waals surface area contributed by atoms with Crippen molar-refractivity contribution in [1.29, 1.82) is 5.26 Å². The van der Waals surface area contributed by atoms with Gasteiger partial charge in [-0.2, -0.15) is 5.26 Å². The van der Waals surface area contributed by atoms with E-state index in [-0.39, 0.29) is 5.54 Å². The second-order valence-corrected chi connectivity index (χ2v) is 6.68. The van der Waals surface area contributed by atoms with Crippen molar-refractivity contribution in [3.05, 3.63) is 0 Å². The normalized spacial score (nSPS) is 18.6. The largest absolute Gasteiger partial charge is 0.309 e. The van der Waals surface area contributed by atoms with Gasteiger partial charge in [0, 0.05) is 12.6 Å². The van der Waals surface area contributed by atoms with E-state index in [1.807, 2.05) is 0 Å². The molecule has 1 aliphatic carbocycles. The summed E-state index contributed by atoms with van der Waals surface area (Å²) < 4.78 is 0. The van der Waals surface area contributed by atoms with Gasteiger partial charge in [-0.3, -0.25) is 5.32 Å². The van der Waals surface area contributed by atoms with Gasteiger partial charge in [0.15, 0.2) is 0 Å². The highest BCUT2D eigenvalue weighted by Crippen LogP contribution is 2.40. The van der Waals surface area contributed by atoms with E-state index in [9.17, 15) is 5.26 Å². The molecule has 4 nitrogen and oxygen atoms in total. The Balaban J connectivity index is 2.59. The zero-order valence-corrected chi connectivity index (χ0v) is 13.9. The molecule has 0 saturated heterocycles. The highest BCUT2D eigenvalue weighted by Gasteiger charge is 2.46. The number of nitrogens with zero attached hydrogens (tertiary/aromatic N) is 3. The van der Waals surface area contributed by atoms with Crippen molar-refractivity contribution >= 4 is 0 Å². The first-order valence-electron chi connectivity index (χ1n) is 7.99. The number of nitrogens with one attached hydrogen (secondary N) is 1. The monoisotopic (exact) mass is 280 g/mol. The van der Waals surface area contributed by atoms with Crippen LogP contribution in [0.1, 0.15) is 40.0 Å². The lowest BCUT2D eigenvalue weighted by Crippen LogP contribution is -2.56. The molecule has 20 heavy (non-hydrogen) atoms. The Morgan fingerprint density at radius 3 is 2.35 bits per heavy atom. The fraction of sp³-hybridized carbons (Fsp3) is 0.938. The third kappa shape index (κ3) is 5.40. The first-order chi connectivity index (χ1) is 9.43. The van der Waals surface area contributed by atoms with Crippen LogP contribution >= 0.6 is 0 Å². The quantitative estimate of drug-likeness (QED) is 0.664. The average molecular weight is 280 g/mol. The summed E-state index contributed by atoms with van der Waals surface area (Å²) in [5.41, 5.74) is -0.345. The van der Waals surface area contributed by atoms with Gasteiger partial charge in [0.2, 0.25) is 0 Å². The molecule has 116 valence electrons. The lowest BCUT2D eigenvalue weighted by molar-refractivity contribution is 0.188. The molecule has 1 unspecified atom stereocenters. The van der Waals surface area contributed by atoms with E-state index in [0.29, 0.717) is 12.0 Å². The second-order valence-electron chi connectivity index (χ2n) is 6.68. The summed E-state index contributed by atoms with van der Waals surface area (Å²) in [6.45, 7) is 10.5. The Labute approximate surface area is 125 Å². The first kappa shape index (κ1) is 17.4. The predicted octanol–water partition coefficient (Wildman–Crippen LogP) is 1.93. The van der Waals surface area contributed by atoms with Crippen LogP contribution in [0, 0.1) is 17.2 Å². The Morgan fingerprint density at radius 2 is 1.95 bits per heavy atom. The van der Waals surface area contributed by atoms with Gasteiger partial charge in [0.05, 0.1) is 6.07 Å². The predicted molar refractivity (Wildman–Crippen MR) is 84.6 cm³/mol. The summed E-state index contributed by atoms with van der Waals surface area (Å²) in [6.07, 6.45) is 3.56. The molecule has 1 rings (SSSR count). The number of hydrogen-bond acceptors (Lipinski definition) is 4. The minimum Gasteiger partial charge on any atom is -0.309 e. The van der Waals surface area contributed by atoms with Crippen LogP contribution < -0.4 is 5.32 Å². The summed E-state index contributed by atoms with van der Waals surface area (Å²) in [6, 6.07) is 2.97. The minimum atomic E-state index is -0.345. The molecule has 0 bridgehead atoms. The van der Waals surface area contributed by atoms with Crippen LogP contribution in [-0.2, 0) is 0 Å². The lowest BCUT2D eigenvalue weighted by atomic mass is 9.93. The number of likely N-dealkylation sites (N-methyl/N-ethyl adjacent to an activating group) is 1. The van der Waals surface area contributed by atoms with Gasteiger partial charge in [-0.1, -0.05) is 6.92 Å². The summed E-state index contributed by atoms with van der Waals surface area (Å²) in [5.74, 6) is 0.540. The van der Waals surface area contributed by atoms with Gasteiger partial charge in [0.25, 0.3) is 0 Å². The molecule has 1 aliphatic rings. The van der Waals surface area contributed by atoms with E-state index < -0.39 is 0 Å². The molecule has 0 spiro atoms. The van der Waals surface area contributed by atoms with Crippen LogP contribution in [0.25, 0.3) is 0 Å². The summed E-state index contributed by atoms with van der Waals surface area (Å²) in [5, 5.41) is 13.3. The van der Waals surface area contributed by atoms with Crippen molar-refractivity contribution in [1.82, 2.24) is 15.1 Å². The van der Waals surface area contributed by atoms with E-state index in [0.717, 1.165) is 32.6 Å². The van der Waals surface area contributed by atoms with Gasteiger partial charge in [-0.15, -0.1) is 0 Å². The average Bonchev–Trinajstić information content (AvgIpc) is 3.20. The zero-order chi connectivity index (χ0) is 15.2. The third-order valence-electron chi connectivity index (χ3n) is 4.02. The van der Waals surface area contributed by atoms with Crippen molar-refractivity contribution in [2.75, 3.05) is 40.3 Å². The highest BCUT2D eigenvalue weighted by atomic mass is 15.2. The number of rotatable bonds is 10. The van der Waals surface area contributed by atoms with Gasteiger partial charge < -0.3 is 9.80 Å². The fourth-order valence-electron chi connectivity index (χ4n) is 2.85. The molecule has 0 aliphatic heterocycles. The molecule has 4 heteroatoms. The minimum absolute atomic E-state index is 0.345. The fourth-order valence-corrected chi connectivity index (χ4v) is 2.85. The van der Waals surface area contributed by atoms with E-state index in [4.69, 9.17) is 0 Å².